The summed E-state index contributed by atoms with van der Waals surface area (Å²) in [4.78, 5) is 19.7. The fourth-order valence-electron chi connectivity index (χ4n) is 0.261. The summed E-state index contributed by atoms with van der Waals surface area (Å²) < 4.78 is 4.22. The number of nitrogens with zero attached hydrogens (tertiary/aromatic N) is 2. The van der Waals surface area contributed by atoms with Crippen LogP contribution in [0.15, 0.2) is 5.10 Å². The first-order chi connectivity index (χ1) is 4.72. The molecule has 56 valence electrons. The maximum Gasteiger partial charge on any atom is 0.456 e. The quantitative estimate of drug-likeness (QED) is 0.259. The molecule has 1 N–H and O–H groups in total. The highest BCUT2D eigenvalue weighted by Crippen LogP contribution is 1.87. The Bertz CT molecular complexity index is 163. The Hall–Kier alpha value is -1.39. The van der Waals surface area contributed by atoms with Gasteiger partial charge < -0.3 is 4.74 Å². The summed E-state index contributed by atoms with van der Waals surface area (Å²) in [6.45, 7) is 1.65. The van der Waals surface area contributed by atoms with E-state index in [1.165, 1.54) is 0 Å². The van der Waals surface area contributed by atoms with Crippen molar-refractivity contribution in [3.8, 4) is 0 Å². The molecule has 10 heavy (non-hydrogen) atoms. The average molecular weight is 146 g/mol. The Balaban J connectivity index is 3.81. The lowest BCUT2D eigenvalue weighted by Gasteiger charge is -2.03. The van der Waals surface area contributed by atoms with Crippen LogP contribution in [-0.2, 0) is 9.53 Å². The van der Waals surface area contributed by atoms with Gasteiger partial charge >= 0.3 is 6.09 Å². The van der Waals surface area contributed by atoms with Crippen molar-refractivity contribution >= 4 is 12.2 Å². The normalized spacial score (nSPS) is 7.80. The van der Waals surface area contributed by atoms with Crippen LogP contribution in [0.1, 0.15) is 6.92 Å². The number of carbonyl (C=O) groups is 1. The van der Waals surface area contributed by atoms with E-state index < -0.39 is 6.09 Å². The van der Waals surface area contributed by atoms with Gasteiger partial charge in [0, 0.05) is 0 Å². The fourth-order valence-corrected chi connectivity index (χ4v) is 0.261. The molecule has 6 nitrogen and oxygen atoms in total. The summed E-state index contributed by atoms with van der Waals surface area (Å²) in [6.07, 6.45) is -0.149. The van der Waals surface area contributed by atoms with Crippen LogP contribution in [0.5, 0.6) is 0 Å². The van der Waals surface area contributed by atoms with Crippen LogP contribution < -0.4 is 0 Å². The van der Waals surface area contributed by atoms with Crippen LogP contribution in [-0.4, -0.2) is 29.2 Å². The smallest absolute Gasteiger partial charge is 0.447 e. The first kappa shape index (κ1) is 8.61. The Morgan fingerprint density at radius 2 is 2.50 bits per heavy atom. The molecule has 0 heterocycles. The van der Waals surface area contributed by atoms with Gasteiger partial charge in [0.15, 0.2) is 0 Å². The van der Waals surface area contributed by atoms with Gasteiger partial charge in [-0.15, -0.1) is 0 Å². The van der Waals surface area contributed by atoms with Crippen molar-refractivity contribution in [3.05, 3.63) is 0 Å². The molecular weight excluding hydrogens is 140 g/mol. The molecule has 0 unspecified atom stereocenters. The highest BCUT2D eigenvalue weighted by molar-refractivity contribution is 5.66. The predicted molar refractivity (Wildman–Crippen MR) is 28.8 cm³/mol. The highest BCUT2D eigenvalue weighted by Gasteiger charge is 2.08. The van der Waals surface area contributed by atoms with E-state index in [1.807, 2.05) is 0 Å². The van der Waals surface area contributed by atoms with Gasteiger partial charge in [-0.05, 0) is 6.92 Å². The molecule has 0 radical (unpaired) electrons. The fraction of sp³-hybridized carbons (Fsp3) is 0.500. The van der Waals surface area contributed by atoms with Crippen molar-refractivity contribution < 1.29 is 19.5 Å². The molecule has 0 aliphatic rings. The zero-order valence-corrected chi connectivity index (χ0v) is 5.27. The lowest BCUT2D eigenvalue weighted by Crippen LogP contribution is -2.22. The molecule has 0 saturated heterocycles. The number of rotatable bonds is 2. The number of isocyanates is 1. The van der Waals surface area contributed by atoms with E-state index >= 15 is 0 Å². The largest absolute Gasteiger partial charge is 0.456 e. The summed E-state index contributed by atoms with van der Waals surface area (Å²) in [7, 11) is 0. The van der Waals surface area contributed by atoms with Crippen molar-refractivity contribution in [3.63, 3.8) is 0 Å². The lowest BCUT2D eigenvalue weighted by atomic mass is 10.9. The van der Waals surface area contributed by atoms with Crippen molar-refractivity contribution in [1.29, 1.82) is 0 Å². The summed E-state index contributed by atoms with van der Waals surface area (Å²) >= 11 is 0. The van der Waals surface area contributed by atoms with Gasteiger partial charge in [0.2, 0.25) is 0 Å². The van der Waals surface area contributed by atoms with Crippen LogP contribution >= 0.6 is 0 Å². The van der Waals surface area contributed by atoms with Gasteiger partial charge in [0.25, 0.3) is 6.08 Å². The molecule has 0 aromatic heterocycles. The van der Waals surface area contributed by atoms with Crippen LogP contribution in [0.25, 0.3) is 0 Å². The molecular formula is C4H6N2O4. The highest BCUT2D eigenvalue weighted by atomic mass is 16.6. The summed E-state index contributed by atoms with van der Waals surface area (Å²) in [5.41, 5.74) is 0. The molecule has 0 fully saturated rings. The molecule has 0 aromatic carbocycles. The van der Waals surface area contributed by atoms with E-state index in [4.69, 9.17) is 5.21 Å². The summed E-state index contributed by atoms with van der Waals surface area (Å²) in [6, 6.07) is 0. The molecule has 0 atom stereocenters. The van der Waals surface area contributed by atoms with E-state index in [1.54, 1.807) is 6.92 Å². The third-order valence-corrected chi connectivity index (χ3v) is 0.567. The molecule has 0 bridgehead atoms. The van der Waals surface area contributed by atoms with Crippen molar-refractivity contribution in [2.75, 3.05) is 6.61 Å². The molecule has 6 heteroatoms. The minimum absolute atomic E-state index is 0.101. The summed E-state index contributed by atoms with van der Waals surface area (Å²) in [5.74, 6) is 0. The number of amides is 1. The zero-order valence-electron chi connectivity index (χ0n) is 5.27. The van der Waals surface area contributed by atoms with Gasteiger partial charge in [-0.2, -0.15) is 0 Å². The van der Waals surface area contributed by atoms with E-state index in [2.05, 4.69) is 9.84 Å². The maximum absolute atomic E-state index is 10.3. The Morgan fingerprint density at radius 3 is 2.90 bits per heavy atom. The number of hydrogen-bond acceptors (Lipinski definition) is 5. The van der Waals surface area contributed by atoms with Crippen LogP contribution in [0, 0.1) is 0 Å². The van der Waals surface area contributed by atoms with Crippen LogP contribution in [0.2, 0.25) is 0 Å². The minimum Gasteiger partial charge on any atom is -0.447 e. The predicted octanol–water partition coefficient (Wildman–Crippen LogP) is 0.0849. The maximum atomic E-state index is 10.3. The third kappa shape index (κ3) is 2.81. The molecule has 0 aliphatic carbocycles. The molecule has 0 spiro atoms. The second-order valence-electron chi connectivity index (χ2n) is 1.18. The van der Waals surface area contributed by atoms with Crippen LogP contribution in [0.4, 0.5) is 4.79 Å². The Morgan fingerprint density at radius 1 is 1.90 bits per heavy atom. The average Bonchev–Trinajstić information content (AvgIpc) is 1.89. The second-order valence-corrected chi connectivity index (χ2v) is 1.18. The van der Waals surface area contributed by atoms with Crippen molar-refractivity contribution in [1.82, 2.24) is 5.17 Å². The van der Waals surface area contributed by atoms with Gasteiger partial charge in [-0.3, -0.25) is 5.21 Å². The number of hydrogen-bond donors (Lipinski definition) is 1. The number of hydroxylamine groups is 1. The SMILES string of the molecule is CCOC(=O)N(O)N=C=O. The van der Waals surface area contributed by atoms with Gasteiger partial charge in [-0.1, -0.05) is 10.3 Å². The van der Waals surface area contributed by atoms with E-state index in [-0.39, 0.29) is 11.8 Å². The molecule has 0 saturated carbocycles. The number of ether oxygens (including phenoxy) is 1. The van der Waals surface area contributed by atoms with E-state index in [0.29, 0.717) is 0 Å². The molecule has 0 aromatic rings. The molecule has 1 amide bonds. The van der Waals surface area contributed by atoms with Crippen molar-refractivity contribution in [2.45, 2.75) is 6.92 Å². The van der Waals surface area contributed by atoms with Gasteiger partial charge in [0.05, 0.1) is 6.61 Å². The second kappa shape index (κ2) is 4.49. The monoisotopic (exact) mass is 146 g/mol. The Labute approximate surface area is 56.6 Å². The number of hydrazone groups is 1. The van der Waals surface area contributed by atoms with E-state index in [0.717, 1.165) is 6.08 Å². The summed E-state index contributed by atoms with van der Waals surface area (Å²) in [5, 5.41) is 10.7. The standard InChI is InChI=1S/C4H6N2O4/c1-2-10-4(8)6(9)5-3-7/h9H,2H2,1H3. The number of carbonyl (C=O) groups excluding carboxylic acids is 2. The first-order valence-corrected chi connectivity index (χ1v) is 2.46. The van der Waals surface area contributed by atoms with Crippen molar-refractivity contribution in [2.24, 2.45) is 5.10 Å². The first-order valence-electron chi connectivity index (χ1n) is 2.46. The molecule has 0 rings (SSSR count). The minimum atomic E-state index is -1.11. The van der Waals surface area contributed by atoms with E-state index in [9.17, 15) is 9.59 Å². The topological polar surface area (TPSA) is 79.2 Å². The van der Waals surface area contributed by atoms with Gasteiger partial charge in [-0.25, -0.2) is 9.59 Å². The zero-order chi connectivity index (χ0) is 7.98. The van der Waals surface area contributed by atoms with Gasteiger partial charge in [0.1, 0.15) is 0 Å². The Kier molecular flexibility index (Phi) is 3.86. The molecule has 0 aliphatic heterocycles. The lowest BCUT2D eigenvalue weighted by molar-refractivity contribution is -0.0717. The van der Waals surface area contributed by atoms with Crippen LogP contribution in [0.3, 0.4) is 0 Å². The third-order valence-electron chi connectivity index (χ3n) is 0.567.